The highest BCUT2D eigenvalue weighted by molar-refractivity contribution is 9.10. The van der Waals surface area contributed by atoms with Crippen molar-refractivity contribution in [3.8, 4) is 0 Å². The number of allylic oxidation sites excluding steroid dienone is 1. The number of hydrogen-bond donors (Lipinski definition) is 4. The molecule has 1 aromatic carbocycles. The number of benzene rings is 1. The molecule has 1 heterocycles. The Morgan fingerprint density at radius 1 is 1.12 bits per heavy atom. The third-order valence-electron chi connectivity index (χ3n) is 6.82. The minimum atomic E-state index is -1.00. The Hall–Kier alpha value is -3.41. The number of rotatable bonds is 15. The van der Waals surface area contributed by atoms with Gasteiger partial charge in [-0.15, -0.1) is 0 Å². The number of hydrogen-bond acceptors (Lipinski definition) is 6. The van der Waals surface area contributed by atoms with Crippen LogP contribution in [0.1, 0.15) is 71.4 Å². The zero-order chi connectivity index (χ0) is 29.8. The van der Waals surface area contributed by atoms with E-state index in [0.29, 0.717) is 17.7 Å². The number of nitrogens with one attached hydrogen (secondary N) is 3. The molecular weight excluding hydrogens is 584 g/mol. The first-order valence-corrected chi connectivity index (χ1v) is 14.3. The molecule has 40 heavy (non-hydrogen) atoms. The molecule has 0 bridgehead atoms. The molecule has 2 rings (SSSR count). The first-order chi connectivity index (χ1) is 19.0. The van der Waals surface area contributed by atoms with Gasteiger partial charge >= 0.3 is 18.0 Å². The number of carboxylic acids is 1. The lowest BCUT2D eigenvalue weighted by Gasteiger charge is -2.35. The van der Waals surface area contributed by atoms with Crippen molar-refractivity contribution < 1.29 is 33.8 Å². The van der Waals surface area contributed by atoms with Gasteiger partial charge in [0.05, 0.1) is 24.6 Å². The van der Waals surface area contributed by atoms with Crippen LogP contribution in [-0.4, -0.2) is 65.5 Å². The maximum absolute atomic E-state index is 13.1. The van der Waals surface area contributed by atoms with E-state index in [1.54, 1.807) is 13.8 Å². The van der Waals surface area contributed by atoms with Crippen LogP contribution in [0.4, 0.5) is 4.79 Å². The summed E-state index contributed by atoms with van der Waals surface area (Å²) < 4.78 is 6.15. The molecule has 11 nitrogen and oxygen atoms in total. The summed E-state index contributed by atoms with van der Waals surface area (Å²) in [5.74, 6) is -2.09. The smallest absolute Gasteiger partial charge is 0.338 e. The van der Waals surface area contributed by atoms with Gasteiger partial charge in [-0.2, -0.15) is 0 Å². The number of aliphatic carboxylic acids is 1. The van der Waals surface area contributed by atoms with Crippen LogP contribution in [0.15, 0.2) is 40.0 Å². The number of urea groups is 1. The molecular formula is C28H39BrN4O7. The maximum Gasteiger partial charge on any atom is 0.338 e. The molecule has 0 saturated carbocycles. The standard InChI is InChI=1S/C28H39BrN4O7/c1-5-17(3)21(16-23(35)30-14-13-24(36)37)31-22(34)8-7-15-33-18(4)25(27(38)40-6-2)26(32-28(33)39)19-9-11-20(29)12-10-19/h9-12,17,21,26H,5-8,13-16H2,1-4H3,(H,30,35)(H,31,34)(H,32,39)(H,36,37)/t17-,21+,26?/m0/s1. The minimum Gasteiger partial charge on any atom is -0.481 e. The van der Waals surface area contributed by atoms with Crippen LogP contribution >= 0.6 is 15.9 Å². The van der Waals surface area contributed by atoms with E-state index in [0.717, 1.165) is 16.5 Å². The number of carbonyl (C=O) groups is 5. The van der Waals surface area contributed by atoms with Crippen LogP contribution in [-0.2, 0) is 23.9 Å². The van der Waals surface area contributed by atoms with Gasteiger partial charge in [0.15, 0.2) is 0 Å². The van der Waals surface area contributed by atoms with E-state index in [1.807, 2.05) is 38.1 Å². The van der Waals surface area contributed by atoms with E-state index in [2.05, 4.69) is 31.9 Å². The Balaban J connectivity index is 2.06. The number of esters is 1. The van der Waals surface area contributed by atoms with Crippen molar-refractivity contribution in [2.75, 3.05) is 19.7 Å². The predicted molar refractivity (Wildman–Crippen MR) is 152 cm³/mol. The second kappa shape index (κ2) is 16.0. The molecule has 0 saturated heterocycles. The van der Waals surface area contributed by atoms with Crippen molar-refractivity contribution in [1.82, 2.24) is 20.9 Å². The van der Waals surface area contributed by atoms with Crippen molar-refractivity contribution in [3.05, 3.63) is 45.6 Å². The summed E-state index contributed by atoms with van der Waals surface area (Å²) in [6.07, 6.45) is 1.04. The van der Waals surface area contributed by atoms with Gasteiger partial charge in [0, 0.05) is 42.1 Å². The van der Waals surface area contributed by atoms with Crippen LogP contribution in [0, 0.1) is 5.92 Å². The highest BCUT2D eigenvalue weighted by Crippen LogP contribution is 2.32. The maximum atomic E-state index is 13.1. The summed E-state index contributed by atoms with van der Waals surface area (Å²) >= 11 is 3.39. The second-order valence-electron chi connectivity index (χ2n) is 9.67. The Bertz CT molecular complexity index is 1110. The molecule has 0 radical (unpaired) electrons. The zero-order valence-electron chi connectivity index (χ0n) is 23.4. The topological polar surface area (TPSA) is 154 Å². The van der Waals surface area contributed by atoms with Crippen LogP contribution in [0.25, 0.3) is 0 Å². The normalized spacial score (nSPS) is 16.6. The van der Waals surface area contributed by atoms with E-state index in [1.165, 1.54) is 4.90 Å². The Labute approximate surface area is 243 Å². The molecule has 1 unspecified atom stereocenters. The molecule has 4 amide bonds. The summed E-state index contributed by atoms with van der Waals surface area (Å²) in [6, 6.07) is 5.84. The molecule has 0 fully saturated rings. The Morgan fingerprint density at radius 2 is 1.80 bits per heavy atom. The molecule has 220 valence electrons. The number of carbonyl (C=O) groups excluding carboxylic acids is 4. The van der Waals surface area contributed by atoms with Crippen LogP contribution in [0.3, 0.4) is 0 Å². The quantitative estimate of drug-likeness (QED) is 0.218. The van der Waals surface area contributed by atoms with Crippen LogP contribution in [0.2, 0.25) is 0 Å². The fraction of sp³-hybridized carbons (Fsp3) is 0.536. The number of ether oxygens (including phenoxy) is 1. The van der Waals surface area contributed by atoms with Gasteiger partial charge in [-0.25, -0.2) is 9.59 Å². The summed E-state index contributed by atoms with van der Waals surface area (Å²) in [4.78, 5) is 63.1. The van der Waals surface area contributed by atoms with Crippen LogP contribution < -0.4 is 16.0 Å². The van der Waals surface area contributed by atoms with Gasteiger partial charge in [-0.05, 0) is 43.9 Å². The molecule has 1 aromatic rings. The average molecular weight is 624 g/mol. The second-order valence-corrected chi connectivity index (χ2v) is 10.6. The van der Waals surface area contributed by atoms with Crippen molar-refractivity contribution in [3.63, 3.8) is 0 Å². The van der Waals surface area contributed by atoms with Crippen molar-refractivity contribution >= 4 is 45.7 Å². The lowest BCUT2D eigenvalue weighted by atomic mass is 9.94. The number of carboxylic acid groups (broad SMARTS) is 1. The lowest BCUT2D eigenvalue weighted by molar-refractivity contribution is -0.139. The highest BCUT2D eigenvalue weighted by Gasteiger charge is 2.36. The summed E-state index contributed by atoms with van der Waals surface area (Å²) in [5, 5.41) is 17.1. The number of nitrogens with zero attached hydrogens (tertiary/aromatic N) is 1. The van der Waals surface area contributed by atoms with Crippen molar-refractivity contribution in [1.29, 1.82) is 0 Å². The minimum absolute atomic E-state index is 0.0231. The summed E-state index contributed by atoms with van der Waals surface area (Å²) in [5.41, 5.74) is 1.53. The average Bonchev–Trinajstić information content (AvgIpc) is 2.89. The molecule has 0 spiro atoms. The molecule has 4 N–H and O–H groups in total. The van der Waals surface area contributed by atoms with Crippen molar-refractivity contribution in [2.24, 2.45) is 5.92 Å². The monoisotopic (exact) mass is 622 g/mol. The molecule has 0 aliphatic carbocycles. The van der Waals surface area contributed by atoms with Gasteiger partial charge in [-0.1, -0.05) is 48.3 Å². The van der Waals surface area contributed by atoms with Gasteiger partial charge in [0.25, 0.3) is 0 Å². The summed E-state index contributed by atoms with van der Waals surface area (Å²) in [6.45, 7) is 7.71. The fourth-order valence-electron chi connectivity index (χ4n) is 4.37. The van der Waals surface area contributed by atoms with Crippen LogP contribution in [0.5, 0.6) is 0 Å². The van der Waals surface area contributed by atoms with E-state index in [-0.39, 0.29) is 62.7 Å². The Morgan fingerprint density at radius 3 is 2.40 bits per heavy atom. The fourth-order valence-corrected chi connectivity index (χ4v) is 4.63. The third-order valence-corrected chi connectivity index (χ3v) is 7.35. The lowest BCUT2D eigenvalue weighted by Crippen LogP contribution is -2.48. The van der Waals surface area contributed by atoms with E-state index in [4.69, 9.17) is 9.84 Å². The molecule has 0 aromatic heterocycles. The van der Waals surface area contributed by atoms with Gasteiger partial charge in [-0.3, -0.25) is 19.3 Å². The molecule has 1 aliphatic heterocycles. The van der Waals surface area contributed by atoms with Gasteiger partial charge < -0.3 is 25.8 Å². The molecule has 1 aliphatic rings. The SMILES string of the molecule is CCOC(=O)C1=C(C)N(CCCC(=O)N[C@H](CC(=O)NCCC(=O)O)[C@@H](C)CC)C(=O)NC1c1ccc(Br)cc1. The van der Waals surface area contributed by atoms with E-state index >= 15 is 0 Å². The third kappa shape index (κ3) is 9.65. The summed E-state index contributed by atoms with van der Waals surface area (Å²) in [7, 11) is 0. The van der Waals surface area contributed by atoms with E-state index in [9.17, 15) is 24.0 Å². The molecule has 12 heteroatoms. The Kier molecular flexibility index (Phi) is 13.1. The first-order valence-electron chi connectivity index (χ1n) is 13.5. The van der Waals surface area contributed by atoms with Gasteiger partial charge in [0.1, 0.15) is 0 Å². The zero-order valence-corrected chi connectivity index (χ0v) is 25.0. The van der Waals surface area contributed by atoms with Gasteiger partial charge in [0.2, 0.25) is 11.8 Å². The number of halogens is 1. The predicted octanol–water partition coefficient (Wildman–Crippen LogP) is 3.64. The molecule has 3 atom stereocenters. The highest BCUT2D eigenvalue weighted by atomic mass is 79.9. The van der Waals surface area contributed by atoms with Crippen molar-refractivity contribution in [2.45, 2.75) is 71.9 Å². The number of amides is 4. The first kappa shape index (κ1) is 32.8. The largest absolute Gasteiger partial charge is 0.481 e. The van der Waals surface area contributed by atoms with E-state index < -0.39 is 24.0 Å².